The second-order valence-corrected chi connectivity index (χ2v) is 6.10. The lowest BCUT2D eigenvalue weighted by atomic mass is 10.3. The van der Waals surface area contributed by atoms with E-state index < -0.39 is 0 Å². The maximum Gasteiger partial charge on any atom is 0.250 e. The number of thioether (sulfide) groups is 2. The van der Waals surface area contributed by atoms with Crippen LogP contribution in [0.4, 0.5) is 0 Å². The maximum atomic E-state index is 10.4. The molecular weight excluding hydrogens is 298 g/mol. The maximum absolute atomic E-state index is 10.4. The minimum absolute atomic E-state index is 0.0929. The largest absolute Gasteiger partial charge is 0.464 e. The number of furan rings is 1. The van der Waals surface area contributed by atoms with E-state index in [9.17, 15) is 10.1 Å². The molecule has 1 unspecified atom stereocenters. The zero-order chi connectivity index (χ0) is 15.0. The fourth-order valence-electron chi connectivity index (χ4n) is 1.41. The van der Waals surface area contributed by atoms with Crippen LogP contribution in [0.25, 0.3) is 0 Å². The average Bonchev–Trinajstić information content (AvgIpc) is 2.85. The molecule has 1 aromatic rings. The van der Waals surface area contributed by atoms with Gasteiger partial charge in [0.15, 0.2) is 0 Å². The highest BCUT2D eigenvalue weighted by molar-refractivity contribution is 8.13. The van der Waals surface area contributed by atoms with Crippen LogP contribution in [0.15, 0.2) is 21.5 Å². The van der Waals surface area contributed by atoms with Gasteiger partial charge in [-0.05, 0) is 25.3 Å². The first-order valence-corrected chi connectivity index (χ1v) is 8.52. The first-order valence-electron chi connectivity index (χ1n) is 6.14. The predicted octanol–water partition coefficient (Wildman–Crippen LogP) is 2.57. The molecule has 0 aliphatic carbocycles. The fourth-order valence-corrected chi connectivity index (χ4v) is 2.59. The first-order chi connectivity index (χ1) is 9.52. The summed E-state index contributed by atoms with van der Waals surface area (Å²) in [5, 5.41) is 10.9. The molecule has 0 aromatic carbocycles. The van der Waals surface area contributed by atoms with E-state index in [1.807, 2.05) is 19.1 Å². The van der Waals surface area contributed by atoms with Gasteiger partial charge in [0, 0.05) is 17.2 Å². The average molecular weight is 317 g/mol. The summed E-state index contributed by atoms with van der Waals surface area (Å²) >= 11 is 3.01. The molecule has 2 N–H and O–H groups in total. The Morgan fingerprint density at radius 1 is 1.60 bits per heavy atom. The predicted molar refractivity (Wildman–Crippen MR) is 85.2 cm³/mol. The molecule has 1 heterocycles. The van der Waals surface area contributed by atoms with Crippen molar-refractivity contribution in [1.29, 1.82) is 0 Å². The van der Waals surface area contributed by atoms with E-state index in [1.54, 1.807) is 18.0 Å². The van der Waals surface area contributed by atoms with Crippen LogP contribution in [0, 0.1) is 10.1 Å². The Kier molecular flexibility index (Phi) is 7.71. The number of hydrogen-bond acceptors (Lipinski definition) is 7. The fraction of sp³-hybridized carbons (Fsp3) is 0.583. The van der Waals surface area contributed by atoms with Gasteiger partial charge in [0.25, 0.3) is 6.54 Å². The molecule has 0 saturated heterocycles. The molecule has 8 heteroatoms. The molecular formula is C12H19N3O3S2. The van der Waals surface area contributed by atoms with Crippen LogP contribution in [0.1, 0.15) is 24.5 Å². The Morgan fingerprint density at radius 3 is 2.90 bits per heavy atom. The highest BCUT2D eigenvalue weighted by Gasteiger charge is 2.07. The van der Waals surface area contributed by atoms with E-state index >= 15 is 0 Å². The molecule has 0 fully saturated rings. The van der Waals surface area contributed by atoms with E-state index in [1.165, 1.54) is 11.8 Å². The van der Waals surface area contributed by atoms with E-state index in [2.05, 4.69) is 4.99 Å². The van der Waals surface area contributed by atoms with Crippen LogP contribution < -0.4 is 5.73 Å². The number of nitro groups is 1. The number of aliphatic imine (C=N–C) groups is 1. The van der Waals surface area contributed by atoms with Crippen LogP contribution in [0.3, 0.4) is 0 Å². The van der Waals surface area contributed by atoms with Gasteiger partial charge in [-0.2, -0.15) is 11.8 Å². The second kappa shape index (κ2) is 9.04. The Hall–Kier alpha value is -0.990. The summed E-state index contributed by atoms with van der Waals surface area (Å²) in [7, 11) is 0. The number of hydrogen-bond donors (Lipinski definition) is 1. The van der Waals surface area contributed by atoms with Crippen LogP contribution in [-0.4, -0.2) is 35.1 Å². The van der Waals surface area contributed by atoms with Gasteiger partial charge in [-0.3, -0.25) is 15.1 Å². The zero-order valence-corrected chi connectivity index (χ0v) is 13.2. The van der Waals surface area contributed by atoms with Crippen molar-refractivity contribution < 1.29 is 9.34 Å². The Bertz CT molecular complexity index is 461. The molecule has 1 atom stereocenters. The summed E-state index contributed by atoms with van der Waals surface area (Å²) in [6.45, 7) is 2.26. The van der Waals surface area contributed by atoms with Gasteiger partial charge < -0.3 is 10.2 Å². The van der Waals surface area contributed by atoms with Crippen molar-refractivity contribution in [2.24, 2.45) is 10.7 Å². The normalized spacial score (nSPS) is 13.4. The molecule has 0 aliphatic heterocycles. The first kappa shape index (κ1) is 17.1. The monoisotopic (exact) mass is 317 g/mol. The molecule has 0 saturated carbocycles. The molecule has 1 aromatic heterocycles. The number of rotatable bonds is 8. The van der Waals surface area contributed by atoms with Gasteiger partial charge >= 0.3 is 0 Å². The van der Waals surface area contributed by atoms with E-state index in [-0.39, 0.29) is 17.5 Å². The van der Waals surface area contributed by atoms with Crippen molar-refractivity contribution >= 4 is 28.6 Å². The van der Waals surface area contributed by atoms with E-state index in [4.69, 9.17) is 10.2 Å². The third-order valence-corrected chi connectivity index (χ3v) is 4.09. The van der Waals surface area contributed by atoms with Crippen molar-refractivity contribution in [3.8, 4) is 0 Å². The lowest BCUT2D eigenvalue weighted by Crippen LogP contribution is -2.11. The molecule has 20 heavy (non-hydrogen) atoms. The van der Waals surface area contributed by atoms with Crippen molar-refractivity contribution in [2.45, 2.75) is 18.7 Å². The standard InChI is InChI=1S/C12H19N3O3S2/c1-9(13)11-4-3-10(18-11)8-20-6-5-14-12(19-2)7-15(16)17/h3-4,9H,5-8,13H2,1-2H3. The van der Waals surface area contributed by atoms with Gasteiger partial charge in [0.1, 0.15) is 16.6 Å². The van der Waals surface area contributed by atoms with Gasteiger partial charge in [-0.1, -0.05) is 0 Å². The third-order valence-electron chi connectivity index (χ3n) is 2.40. The van der Waals surface area contributed by atoms with Crippen molar-refractivity contribution in [3.05, 3.63) is 33.8 Å². The summed E-state index contributed by atoms with van der Waals surface area (Å²) in [5.74, 6) is 3.23. The Labute approximate surface area is 126 Å². The van der Waals surface area contributed by atoms with Crippen LogP contribution in [0.2, 0.25) is 0 Å². The Morgan fingerprint density at radius 2 is 2.35 bits per heavy atom. The van der Waals surface area contributed by atoms with Gasteiger partial charge in [0.2, 0.25) is 0 Å². The molecule has 0 amide bonds. The molecule has 0 bridgehead atoms. The van der Waals surface area contributed by atoms with Crippen molar-refractivity contribution in [2.75, 3.05) is 25.1 Å². The SMILES string of the molecule is CSC(C[N+](=O)[O-])=NCCSCc1ccc(C(C)N)o1. The molecule has 0 spiro atoms. The summed E-state index contributed by atoms with van der Waals surface area (Å²) in [5.41, 5.74) is 5.72. The smallest absolute Gasteiger partial charge is 0.250 e. The lowest BCUT2D eigenvalue weighted by Gasteiger charge is -2.00. The van der Waals surface area contributed by atoms with E-state index in [0.717, 1.165) is 23.0 Å². The van der Waals surface area contributed by atoms with Crippen LogP contribution in [-0.2, 0) is 5.75 Å². The lowest BCUT2D eigenvalue weighted by molar-refractivity contribution is -0.462. The molecule has 6 nitrogen and oxygen atoms in total. The highest BCUT2D eigenvalue weighted by Crippen LogP contribution is 2.18. The third kappa shape index (κ3) is 6.44. The molecule has 0 aliphatic rings. The Balaban J connectivity index is 2.27. The zero-order valence-electron chi connectivity index (χ0n) is 11.6. The quantitative estimate of drug-likeness (QED) is 0.260. The minimum atomic E-state index is -0.360. The minimum Gasteiger partial charge on any atom is -0.464 e. The highest BCUT2D eigenvalue weighted by atomic mass is 32.2. The van der Waals surface area contributed by atoms with Gasteiger partial charge in [0.05, 0.1) is 11.8 Å². The van der Waals surface area contributed by atoms with Crippen LogP contribution in [0.5, 0.6) is 0 Å². The van der Waals surface area contributed by atoms with Crippen molar-refractivity contribution in [3.63, 3.8) is 0 Å². The summed E-state index contributed by atoms with van der Waals surface area (Å²) in [6, 6.07) is 3.72. The number of nitrogens with zero attached hydrogens (tertiary/aromatic N) is 2. The molecule has 0 radical (unpaired) electrons. The molecule has 1 rings (SSSR count). The number of nitrogens with two attached hydrogens (primary N) is 1. The summed E-state index contributed by atoms with van der Waals surface area (Å²) < 4.78 is 5.57. The van der Waals surface area contributed by atoms with Gasteiger partial charge in [-0.15, -0.1) is 11.8 Å². The van der Waals surface area contributed by atoms with Crippen molar-refractivity contribution in [1.82, 2.24) is 0 Å². The topological polar surface area (TPSA) is 94.7 Å². The van der Waals surface area contributed by atoms with Crippen LogP contribution >= 0.6 is 23.5 Å². The molecule has 112 valence electrons. The van der Waals surface area contributed by atoms with E-state index in [0.29, 0.717) is 11.6 Å². The second-order valence-electron chi connectivity index (χ2n) is 4.12. The van der Waals surface area contributed by atoms with Gasteiger partial charge in [-0.25, -0.2) is 0 Å². The summed E-state index contributed by atoms with van der Waals surface area (Å²) in [6.07, 6.45) is 1.80. The summed E-state index contributed by atoms with van der Waals surface area (Å²) in [4.78, 5) is 14.2.